The zero-order valence-electron chi connectivity index (χ0n) is 11.0. The quantitative estimate of drug-likeness (QED) is 0.875. The predicted molar refractivity (Wildman–Crippen MR) is 78.7 cm³/mol. The lowest BCUT2D eigenvalue weighted by atomic mass is 9.71. The molecule has 0 radical (unpaired) electrons. The maximum atomic E-state index is 11.5. The van der Waals surface area contributed by atoms with Gasteiger partial charge >= 0.3 is 5.97 Å². The van der Waals surface area contributed by atoms with Crippen LogP contribution in [-0.4, -0.2) is 11.1 Å². The van der Waals surface area contributed by atoms with E-state index in [9.17, 15) is 9.90 Å². The zero-order valence-corrected chi connectivity index (χ0v) is 11.8. The maximum absolute atomic E-state index is 11.5. The van der Waals surface area contributed by atoms with Gasteiger partial charge in [-0.25, -0.2) is 0 Å². The molecule has 1 N–H and O–H groups in total. The molecule has 1 aliphatic rings. The Kier molecular flexibility index (Phi) is 3.31. The number of hydrogen-bond donors (Lipinski definition) is 1. The summed E-state index contributed by atoms with van der Waals surface area (Å²) in [5.41, 5.74) is 1.24. The molecule has 100 valence electrons. The second-order valence-electron chi connectivity index (χ2n) is 5.66. The first-order chi connectivity index (χ1) is 9.16. The minimum Gasteiger partial charge on any atom is -0.481 e. The van der Waals surface area contributed by atoms with Crippen LogP contribution in [0.25, 0.3) is 10.1 Å². The summed E-state index contributed by atoms with van der Waals surface area (Å²) in [7, 11) is 0. The van der Waals surface area contributed by atoms with Crippen molar-refractivity contribution in [1.29, 1.82) is 0 Å². The standard InChI is InChI=1S/C16H18O2S/c1-10-5-6-13(16(17)18)14(9-10)12-4-2-3-11-7-8-19-15(11)12/h2-4,7-8,10,13-14H,5-6,9H2,1H3,(H,17,18). The number of fused-ring (bicyclic) bond motifs is 1. The molecule has 3 rings (SSSR count). The third-order valence-electron chi connectivity index (χ3n) is 4.34. The number of carboxylic acid groups (broad SMARTS) is 1. The molecule has 3 unspecified atom stereocenters. The Morgan fingerprint density at radius 2 is 2.16 bits per heavy atom. The molecule has 1 aromatic heterocycles. The summed E-state index contributed by atoms with van der Waals surface area (Å²) in [6.07, 6.45) is 2.84. The topological polar surface area (TPSA) is 37.3 Å². The molecule has 1 aliphatic carbocycles. The van der Waals surface area contributed by atoms with Crippen LogP contribution in [-0.2, 0) is 4.79 Å². The largest absolute Gasteiger partial charge is 0.481 e. The Balaban J connectivity index is 2.06. The van der Waals surface area contributed by atoms with Gasteiger partial charge in [0.1, 0.15) is 0 Å². The van der Waals surface area contributed by atoms with Crippen LogP contribution in [0.15, 0.2) is 29.6 Å². The van der Waals surface area contributed by atoms with Crippen molar-refractivity contribution in [1.82, 2.24) is 0 Å². The summed E-state index contributed by atoms with van der Waals surface area (Å²) in [6.45, 7) is 2.24. The molecular formula is C16H18O2S. The number of aliphatic carboxylic acids is 1. The lowest BCUT2D eigenvalue weighted by Gasteiger charge is -2.33. The highest BCUT2D eigenvalue weighted by Gasteiger charge is 2.35. The van der Waals surface area contributed by atoms with E-state index in [-0.39, 0.29) is 11.8 Å². The van der Waals surface area contributed by atoms with Crippen molar-refractivity contribution in [3.8, 4) is 0 Å². The highest BCUT2D eigenvalue weighted by molar-refractivity contribution is 7.17. The van der Waals surface area contributed by atoms with Crippen LogP contribution in [0.4, 0.5) is 0 Å². The first kappa shape index (κ1) is 12.7. The van der Waals surface area contributed by atoms with Crippen LogP contribution in [0.1, 0.15) is 37.7 Å². The van der Waals surface area contributed by atoms with Crippen LogP contribution in [0.2, 0.25) is 0 Å². The van der Waals surface area contributed by atoms with Crippen molar-refractivity contribution in [2.24, 2.45) is 11.8 Å². The Morgan fingerprint density at radius 1 is 1.32 bits per heavy atom. The van der Waals surface area contributed by atoms with Gasteiger partial charge in [0.15, 0.2) is 0 Å². The van der Waals surface area contributed by atoms with Crippen molar-refractivity contribution in [2.75, 3.05) is 0 Å². The summed E-state index contributed by atoms with van der Waals surface area (Å²) in [4.78, 5) is 11.5. The lowest BCUT2D eigenvalue weighted by Crippen LogP contribution is -2.28. The molecule has 1 heterocycles. The molecule has 19 heavy (non-hydrogen) atoms. The summed E-state index contributed by atoms with van der Waals surface area (Å²) < 4.78 is 1.27. The molecule has 1 aromatic carbocycles. The average molecular weight is 274 g/mol. The Bertz CT molecular complexity index is 602. The SMILES string of the molecule is CC1CCC(C(=O)O)C(c2cccc3ccsc23)C1. The van der Waals surface area contributed by atoms with E-state index in [1.807, 2.05) is 0 Å². The second-order valence-corrected chi connectivity index (χ2v) is 6.57. The van der Waals surface area contributed by atoms with Crippen molar-refractivity contribution in [3.63, 3.8) is 0 Å². The highest BCUT2D eigenvalue weighted by Crippen LogP contribution is 2.43. The Labute approximate surface area is 117 Å². The molecule has 0 amide bonds. The van der Waals surface area contributed by atoms with E-state index in [4.69, 9.17) is 0 Å². The maximum Gasteiger partial charge on any atom is 0.307 e. The number of rotatable bonds is 2. The summed E-state index contributed by atoms with van der Waals surface area (Å²) in [5.74, 6) is -0.0613. The third kappa shape index (κ3) is 2.27. The van der Waals surface area contributed by atoms with E-state index in [1.165, 1.54) is 15.6 Å². The lowest BCUT2D eigenvalue weighted by molar-refractivity contribution is -0.143. The third-order valence-corrected chi connectivity index (χ3v) is 5.32. The minimum atomic E-state index is -0.634. The fourth-order valence-electron chi connectivity index (χ4n) is 3.33. The molecule has 2 nitrogen and oxygen atoms in total. The van der Waals surface area contributed by atoms with Gasteiger partial charge in [-0.2, -0.15) is 0 Å². The van der Waals surface area contributed by atoms with E-state index in [0.717, 1.165) is 19.3 Å². The number of carboxylic acids is 1. The number of thiophene rings is 1. The van der Waals surface area contributed by atoms with E-state index < -0.39 is 5.97 Å². The molecule has 1 fully saturated rings. The van der Waals surface area contributed by atoms with E-state index >= 15 is 0 Å². The van der Waals surface area contributed by atoms with Gasteiger partial charge in [-0.3, -0.25) is 4.79 Å². The summed E-state index contributed by atoms with van der Waals surface area (Å²) in [5, 5.41) is 12.8. The smallest absolute Gasteiger partial charge is 0.307 e. The normalized spacial score (nSPS) is 27.5. The molecule has 0 spiro atoms. The molecule has 1 saturated carbocycles. The van der Waals surface area contributed by atoms with Crippen LogP contribution in [0.5, 0.6) is 0 Å². The molecule has 3 atom stereocenters. The molecule has 2 aromatic rings. The van der Waals surface area contributed by atoms with Crippen LogP contribution in [0.3, 0.4) is 0 Å². The monoisotopic (exact) mass is 274 g/mol. The highest BCUT2D eigenvalue weighted by atomic mass is 32.1. The second kappa shape index (κ2) is 4.97. The number of hydrogen-bond acceptors (Lipinski definition) is 2. The van der Waals surface area contributed by atoms with Gasteiger partial charge in [0, 0.05) is 4.70 Å². The average Bonchev–Trinajstić information content (AvgIpc) is 2.86. The Hall–Kier alpha value is -1.35. The van der Waals surface area contributed by atoms with Crippen molar-refractivity contribution < 1.29 is 9.90 Å². The molecular weight excluding hydrogens is 256 g/mol. The van der Waals surface area contributed by atoms with Gasteiger partial charge in [-0.1, -0.05) is 25.1 Å². The van der Waals surface area contributed by atoms with Crippen LogP contribution in [0, 0.1) is 11.8 Å². The number of carbonyl (C=O) groups is 1. The minimum absolute atomic E-state index is 0.170. The van der Waals surface area contributed by atoms with Crippen molar-refractivity contribution in [3.05, 3.63) is 35.2 Å². The van der Waals surface area contributed by atoms with E-state index in [1.54, 1.807) is 11.3 Å². The first-order valence-electron chi connectivity index (χ1n) is 6.85. The van der Waals surface area contributed by atoms with Gasteiger partial charge in [0.25, 0.3) is 0 Å². The van der Waals surface area contributed by atoms with Crippen LogP contribution < -0.4 is 0 Å². The summed E-state index contributed by atoms with van der Waals surface area (Å²) in [6, 6.07) is 8.41. The first-order valence-corrected chi connectivity index (χ1v) is 7.73. The fraction of sp³-hybridized carbons (Fsp3) is 0.438. The van der Waals surface area contributed by atoms with Gasteiger partial charge in [-0.15, -0.1) is 11.3 Å². The summed E-state index contributed by atoms with van der Waals surface area (Å²) >= 11 is 1.73. The van der Waals surface area contributed by atoms with Gasteiger partial charge in [-0.05, 0) is 53.5 Å². The van der Waals surface area contributed by atoms with Crippen LogP contribution >= 0.6 is 11.3 Å². The predicted octanol–water partition coefficient (Wildman–Crippen LogP) is 4.51. The molecule has 0 bridgehead atoms. The fourth-order valence-corrected chi connectivity index (χ4v) is 4.31. The van der Waals surface area contributed by atoms with E-state index in [2.05, 4.69) is 36.6 Å². The van der Waals surface area contributed by atoms with Crippen molar-refractivity contribution >= 4 is 27.4 Å². The van der Waals surface area contributed by atoms with Crippen molar-refractivity contribution in [2.45, 2.75) is 32.1 Å². The Morgan fingerprint density at radius 3 is 2.95 bits per heavy atom. The zero-order chi connectivity index (χ0) is 13.4. The molecule has 0 aliphatic heterocycles. The van der Waals surface area contributed by atoms with Gasteiger partial charge < -0.3 is 5.11 Å². The number of benzene rings is 1. The van der Waals surface area contributed by atoms with Gasteiger partial charge in [0.05, 0.1) is 5.92 Å². The molecule has 0 saturated heterocycles. The van der Waals surface area contributed by atoms with Gasteiger partial charge in [0.2, 0.25) is 0 Å². The van der Waals surface area contributed by atoms with E-state index in [0.29, 0.717) is 5.92 Å². The molecule has 3 heteroatoms.